The van der Waals surface area contributed by atoms with Gasteiger partial charge in [0.25, 0.3) is 0 Å². The van der Waals surface area contributed by atoms with E-state index in [1.54, 1.807) is 0 Å². The van der Waals surface area contributed by atoms with E-state index in [9.17, 15) is 4.79 Å². The molecule has 0 saturated heterocycles. The summed E-state index contributed by atoms with van der Waals surface area (Å²) in [6.45, 7) is 6.52. The second-order valence-electron chi connectivity index (χ2n) is 6.33. The molecular formula is C21H22ClN3O. The zero-order valence-electron chi connectivity index (χ0n) is 15.1. The van der Waals surface area contributed by atoms with Crippen LogP contribution in [0.25, 0.3) is 5.69 Å². The molecule has 0 aliphatic heterocycles. The molecule has 0 saturated carbocycles. The van der Waals surface area contributed by atoms with E-state index < -0.39 is 0 Å². The Hall–Kier alpha value is -2.72. The van der Waals surface area contributed by atoms with Gasteiger partial charge in [-0.25, -0.2) is 4.79 Å². The number of hydrogen-bond donors (Lipinski definition) is 2. The monoisotopic (exact) mass is 367 g/mol. The number of aromatic nitrogens is 1. The number of carbonyl (C=O) groups excluding carboxylic acids is 1. The number of anilines is 1. The number of halogens is 1. The zero-order valence-corrected chi connectivity index (χ0v) is 15.9. The summed E-state index contributed by atoms with van der Waals surface area (Å²) in [5, 5.41) is 6.52. The summed E-state index contributed by atoms with van der Waals surface area (Å²) in [6, 6.07) is 17.3. The molecule has 0 aliphatic rings. The van der Waals surface area contributed by atoms with Gasteiger partial charge in [-0.1, -0.05) is 35.9 Å². The first-order valence-corrected chi connectivity index (χ1v) is 8.88. The number of aryl methyl sites for hydroxylation is 2. The Balaban J connectivity index is 1.72. The van der Waals surface area contributed by atoms with Crippen LogP contribution in [0, 0.1) is 20.8 Å². The first kappa shape index (κ1) is 18.1. The van der Waals surface area contributed by atoms with E-state index >= 15 is 0 Å². The van der Waals surface area contributed by atoms with Crippen molar-refractivity contribution < 1.29 is 4.79 Å². The summed E-state index contributed by atoms with van der Waals surface area (Å²) >= 11 is 6.12. The van der Waals surface area contributed by atoms with Crippen molar-refractivity contribution in [3.8, 4) is 5.69 Å². The van der Waals surface area contributed by atoms with E-state index in [0.29, 0.717) is 11.6 Å². The number of amides is 2. The van der Waals surface area contributed by atoms with Crippen molar-refractivity contribution in [3.63, 3.8) is 0 Å². The minimum absolute atomic E-state index is 0.216. The van der Waals surface area contributed by atoms with Crippen molar-refractivity contribution in [3.05, 3.63) is 82.1 Å². The van der Waals surface area contributed by atoms with E-state index in [1.807, 2.05) is 69.3 Å². The maximum Gasteiger partial charge on any atom is 0.319 e. The highest BCUT2D eigenvalue weighted by Gasteiger charge is 2.12. The highest BCUT2D eigenvalue weighted by Crippen LogP contribution is 2.23. The molecule has 0 spiro atoms. The predicted octanol–water partition coefficient (Wildman–Crippen LogP) is 5.38. The average Bonchev–Trinajstić information content (AvgIpc) is 2.89. The number of hydrogen-bond acceptors (Lipinski definition) is 1. The number of urea groups is 1. The van der Waals surface area contributed by atoms with Gasteiger partial charge in [0.2, 0.25) is 0 Å². The van der Waals surface area contributed by atoms with E-state index in [1.165, 1.54) is 0 Å². The fourth-order valence-electron chi connectivity index (χ4n) is 3.08. The molecule has 134 valence electrons. The van der Waals surface area contributed by atoms with Gasteiger partial charge in [0.1, 0.15) is 0 Å². The van der Waals surface area contributed by atoms with Gasteiger partial charge >= 0.3 is 6.03 Å². The quantitative estimate of drug-likeness (QED) is 0.639. The first-order chi connectivity index (χ1) is 12.5. The highest BCUT2D eigenvalue weighted by atomic mass is 35.5. The molecule has 0 aliphatic carbocycles. The van der Waals surface area contributed by atoms with Crippen LogP contribution in [0.2, 0.25) is 5.02 Å². The summed E-state index contributed by atoms with van der Waals surface area (Å²) < 4.78 is 2.14. The Morgan fingerprint density at radius 2 is 1.81 bits per heavy atom. The lowest BCUT2D eigenvalue weighted by Crippen LogP contribution is -2.28. The number of benzene rings is 2. The third-order valence-corrected chi connectivity index (χ3v) is 4.67. The second kappa shape index (κ2) is 7.67. The van der Waals surface area contributed by atoms with Crippen LogP contribution in [-0.2, 0) is 6.54 Å². The number of para-hydroxylation sites is 1. The number of carbonyl (C=O) groups is 1. The Bertz CT molecular complexity index is 946. The fourth-order valence-corrected chi connectivity index (χ4v) is 3.26. The lowest BCUT2D eigenvalue weighted by Gasteiger charge is -2.11. The van der Waals surface area contributed by atoms with E-state index in [0.717, 1.165) is 33.9 Å². The van der Waals surface area contributed by atoms with E-state index in [-0.39, 0.29) is 6.03 Å². The Morgan fingerprint density at radius 1 is 1.04 bits per heavy atom. The molecule has 2 aromatic carbocycles. The molecule has 0 bridgehead atoms. The molecular weight excluding hydrogens is 346 g/mol. The smallest absolute Gasteiger partial charge is 0.319 e. The highest BCUT2D eigenvalue weighted by molar-refractivity contribution is 6.30. The molecule has 2 N–H and O–H groups in total. The van der Waals surface area contributed by atoms with Crippen LogP contribution in [0.5, 0.6) is 0 Å². The van der Waals surface area contributed by atoms with Crippen molar-refractivity contribution in [2.45, 2.75) is 27.3 Å². The number of nitrogens with one attached hydrogen (secondary N) is 2. The Labute approximate surface area is 158 Å². The van der Waals surface area contributed by atoms with Crippen LogP contribution in [0.1, 0.15) is 22.5 Å². The van der Waals surface area contributed by atoms with Crippen molar-refractivity contribution in [1.82, 2.24) is 9.88 Å². The van der Waals surface area contributed by atoms with Gasteiger partial charge in [0, 0.05) is 34.3 Å². The molecule has 1 aromatic heterocycles. The van der Waals surface area contributed by atoms with Crippen molar-refractivity contribution >= 4 is 23.3 Å². The van der Waals surface area contributed by atoms with Crippen LogP contribution in [0.4, 0.5) is 10.5 Å². The lowest BCUT2D eigenvalue weighted by atomic mass is 10.2. The first-order valence-electron chi connectivity index (χ1n) is 8.50. The number of rotatable bonds is 4. The van der Waals surface area contributed by atoms with E-state index in [2.05, 4.69) is 21.3 Å². The van der Waals surface area contributed by atoms with Crippen molar-refractivity contribution in [1.29, 1.82) is 0 Å². The summed E-state index contributed by atoms with van der Waals surface area (Å²) in [6.07, 6.45) is 0. The molecule has 3 rings (SSSR count). The van der Waals surface area contributed by atoms with Crippen LogP contribution < -0.4 is 10.6 Å². The van der Waals surface area contributed by atoms with Crippen LogP contribution in [0.3, 0.4) is 0 Å². The topological polar surface area (TPSA) is 46.1 Å². The van der Waals surface area contributed by atoms with Gasteiger partial charge < -0.3 is 15.2 Å². The second-order valence-corrected chi connectivity index (χ2v) is 6.77. The molecule has 0 fully saturated rings. The molecule has 0 unspecified atom stereocenters. The standard InChI is InChI=1S/C21H22ClN3O/c1-14-7-4-5-10-20(14)24-21(26)23-13-17-11-15(2)25(16(17)3)19-9-6-8-18(22)12-19/h4-12H,13H2,1-3H3,(H2,23,24,26). The van der Waals surface area contributed by atoms with Crippen LogP contribution in [-0.4, -0.2) is 10.6 Å². The van der Waals surface area contributed by atoms with Crippen molar-refractivity contribution in [2.24, 2.45) is 0 Å². The molecule has 3 aromatic rings. The fraction of sp³-hybridized carbons (Fsp3) is 0.190. The van der Waals surface area contributed by atoms with E-state index in [4.69, 9.17) is 11.6 Å². The summed E-state index contributed by atoms with van der Waals surface area (Å²) in [5.74, 6) is 0. The normalized spacial score (nSPS) is 10.6. The zero-order chi connectivity index (χ0) is 18.7. The maximum absolute atomic E-state index is 12.2. The third-order valence-electron chi connectivity index (χ3n) is 4.44. The lowest BCUT2D eigenvalue weighted by molar-refractivity contribution is 0.251. The summed E-state index contributed by atoms with van der Waals surface area (Å²) in [4.78, 5) is 12.2. The molecule has 4 nitrogen and oxygen atoms in total. The third kappa shape index (κ3) is 3.92. The minimum atomic E-state index is -0.216. The maximum atomic E-state index is 12.2. The average molecular weight is 368 g/mol. The van der Waals surface area contributed by atoms with Gasteiger partial charge in [-0.3, -0.25) is 0 Å². The van der Waals surface area contributed by atoms with Gasteiger partial charge in [0.15, 0.2) is 0 Å². The van der Waals surface area contributed by atoms with Gasteiger partial charge in [-0.05, 0) is 62.2 Å². The largest absolute Gasteiger partial charge is 0.334 e. The number of nitrogens with zero attached hydrogens (tertiary/aromatic N) is 1. The van der Waals surface area contributed by atoms with Crippen LogP contribution in [0.15, 0.2) is 54.6 Å². The SMILES string of the molecule is Cc1ccccc1NC(=O)NCc1cc(C)n(-c2cccc(Cl)c2)c1C. The predicted molar refractivity (Wildman–Crippen MR) is 107 cm³/mol. The van der Waals surface area contributed by atoms with Crippen molar-refractivity contribution in [2.75, 3.05) is 5.32 Å². The Morgan fingerprint density at radius 3 is 2.54 bits per heavy atom. The van der Waals surface area contributed by atoms with Crippen LogP contribution >= 0.6 is 11.6 Å². The summed E-state index contributed by atoms with van der Waals surface area (Å²) in [7, 11) is 0. The molecule has 0 radical (unpaired) electrons. The summed E-state index contributed by atoms with van der Waals surface area (Å²) in [5.41, 5.74) is 6.11. The molecule has 1 heterocycles. The molecule has 5 heteroatoms. The molecule has 0 atom stereocenters. The Kier molecular flexibility index (Phi) is 5.33. The van der Waals surface area contributed by atoms with Gasteiger partial charge in [-0.2, -0.15) is 0 Å². The minimum Gasteiger partial charge on any atom is -0.334 e. The molecule has 2 amide bonds. The van der Waals surface area contributed by atoms with Gasteiger partial charge in [0.05, 0.1) is 0 Å². The molecule has 26 heavy (non-hydrogen) atoms. The van der Waals surface area contributed by atoms with Gasteiger partial charge in [-0.15, -0.1) is 0 Å².